The first-order valence-corrected chi connectivity index (χ1v) is 8.86. The number of fused-ring (bicyclic) bond motifs is 1. The Morgan fingerprint density at radius 1 is 1.04 bits per heavy atom. The van der Waals surface area contributed by atoms with Crippen LogP contribution in [-0.4, -0.2) is 50.4 Å². The third-order valence-corrected chi connectivity index (χ3v) is 4.76. The molecule has 0 saturated carbocycles. The average Bonchev–Trinajstić information content (AvgIpc) is 3.17. The summed E-state index contributed by atoms with van der Waals surface area (Å²) in [5.74, 6) is 1.46. The molecule has 2 heterocycles. The van der Waals surface area contributed by atoms with Crippen molar-refractivity contribution in [1.29, 1.82) is 0 Å². The Kier molecular flexibility index (Phi) is 5.04. The van der Waals surface area contributed by atoms with Gasteiger partial charge in [-0.2, -0.15) is 0 Å². The second-order valence-corrected chi connectivity index (χ2v) is 6.35. The molecule has 0 aliphatic carbocycles. The fourth-order valence-electron chi connectivity index (χ4n) is 3.35. The lowest BCUT2D eigenvalue weighted by molar-refractivity contribution is 0.0162. The van der Waals surface area contributed by atoms with E-state index >= 15 is 0 Å². The number of morpholine rings is 1. The molecule has 4 rings (SSSR count). The van der Waals surface area contributed by atoms with Crippen molar-refractivity contribution in [1.82, 2.24) is 10.2 Å². The molecule has 1 atom stereocenters. The second kappa shape index (κ2) is 7.76. The number of carbonyl (C=O) groups is 1. The fourth-order valence-corrected chi connectivity index (χ4v) is 3.35. The summed E-state index contributed by atoms with van der Waals surface area (Å²) < 4.78 is 16.4. The summed E-state index contributed by atoms with van der Waals surface area (Å²) in [7, 11) is 0. The lowest BCUT2D eigenvalue weighted by atomic mass is 10.0. The maximum Gasteiger partial charge on any atom is 0.251 e. The minimum atomic E-state index is -0.0652. The summed E-state index contributed by atoms with van der Waals surface area (Å²) >= 11 is 0. The Morgan fingerprint density at radius 2 is 1.81 bits per heavy atom. The molecule has 6 nitrogen and oxygen atoms in total. The number of benzene rings is 2. The highest BCUT2D eigenvalue weighted by molar-refractivity contribution is 5.94. The van der Waals surface area contributed by atoms with Crippen LogP contribution in [0, 0.1) is 0 Å². The zero-order valence-corrected chi connectivity index (χ0v) is 14.5. The molecule has 1 saturated heterocycles. The number of amides is 1. The van der Waals surface area contributed by atoms with Crippen LogP contribution in [0.3, 0.4) is 0 Å². The molecule has 2 aromatic carbocycles. The summed E-state index contributed by atoms with van der Waals surface area (Å²) in [6, 6.07) is 15.3. The van der Waals surface area contributed by atoms with Gasteiger partial charge in [0, 0.05) is 25.2 Å². The lowest BCUT2D eigenvalue weighted by Crippen LogP contribution is -2.43. The Hall–Kier alpha value is -2.57. The summed E-state index contributed by atoms with van der Waals surface area (Å²) in [4.78, 5) is 14.8. The molecular formula is C20H22N2O4. The molecule has 26 heavy (non-hydrogen) atoms. The summed E-state index contributed by atoms with van der Waals surface area (Å²) in [6.45, 7) is 3.85. The van der Waals surface area contributed by atoms with Crippen molar-refractivity contribution in [2.75, 3.05) is 39.6 Å². The molecule has 2 aliphatic rings. The molecule has 0 aromatic heterocycles. The van der Waals surface area contributed by atoms with E-state index in [0.29, 0.717) is 25.3 Å². The normalized spacial score (nSPS) is 17.7. The van der Waals surface area contributed by atoms with Gasteiger partial charge in [-0.1, -0.05) is 24.3 Å². The van der Waals surface area contributed by atoms with E-state index in [4.69, 9.17) is 14.2 Å². The van der Waals surface area contributed by atoms with Crippen LogP contribution in [-0.2, 0) is 4.74 Å². The smallest absolute Gasteiger partial charge is 0.251 e. The number of hydrogen-bond donors (Lipinski definition) is 1. The number of ether oxygens (including phenoxy) is 3. The predicted octanol–water partition coefficient (Wildman–Crippen LogP) is 2.22. The molecule has 1 fully saturated rings. The Labute approximate surface area is 152 Å². The van der Waals surface area contributed by atoms with E-state index in [0.717, 1.165) is 30.2 Å². The van der Waals surface area contributed by atoms with Gasteiger partial charge < -0.3 is 19.5 Å². The van der Waals surface area contributed by atoms with E-state index in [2.05, 4.69) is 10.2 Å². The first kappa shape index (κ1) is 16.9. The zero-order chi connectivity index (χ0) is 17.8. The van der Waals surface area contributed by atoms with E-state index in [1.807, 2.05) is 48.5 Å². The molecule has 6 heteroatoms. The van der Waals surface area contributed by atoms with Crippen LogP contribution in [0.15, 0.2) is 48.5 Å². The molecule has 0 spiro atoms. The molecule has 2 aliphatic heterocycles. The molecule has 1 amide bonds. The Morgan fingerprint density at radius 3 is 2.62 bits per heavy atom. The first-order chi connectivity index (χ1) is 12.8. The van der Waals surface area contributed by atoms with Crippen molar-refractivity contribution in [2.45, 2.75) is 6.04 Å². The van der Waals surface area contributed by atoms with Crippen molar-refractivity contribution in [2.24, 2.45) is 0 Å². The van der Waals surface area contributed by atoms with Gasteiger partial charge in [0.25, 0.3) is 5.91 Å². The maximum absolute atomic E-state index is 12.5. The van der Waals surface area contributed by atoms with Crippen molar-refractivity contribution in [3.63, 3.8) is 0 Å². The second-order valence-electron chi connectivity index (χ2n) is 6.35. The summed E-state index contributed by atoms with van der Waals surface area (Å²) in [6.07, 6.45) is 0. The highest BCUT2D eigenvalue weighted by Crippen LogP contribution is 2.35. The van der Waals surface area contributed by atoms with Gasteiger partial charge in [-0.15, -0.1) is 0 Å². The molecule has 1 N–H and O–H groups in total. The SMILES string of the molecule is O=C(NC[C@@H](c1ccc2c(c1)OCO2)N1CCOCC1)c1ccccc1. The van der Waals surface area contributed by atoms with E-state index in [9.17, 15) is 4.79 Å². The van der Waals surface area contributed by atoms with Crippen molar-refractivity contribution in [3.05, 3.63) is 59.7 Å². The van der Waals surface area contributed by atoms with Gasteiger partial charge >= 0.3 is 0 Å². The molecule has 136 valence electrons. The molecule has 0 bridgehead atoms. The van der Waals surface area contributed by atoms with Gasteiger partial charge in [0.15, 0.2) is 11.5 Å². The highest BCUT2D eigenvalue weighted by atomic mass is 16.7. The van der Waals surface area contributed by atoms with Crippen LogP contribution in [0.1, 0.15) is 22.0 Å². The molecule has 0 unspecified atom stereocenters. The quantitative estimate of drug-likeness (QED) is 0.892. The van der Waals surface area contributed by atoms with Crippen LogP contribution in [0.4, 0.5) is 0 Å². The lowest BCUT2D eigenvalue weighted by Gasteiger charge is -2.35. The predicted molar refractivity (Wildman–Crippen MR) is 96.5 cm³/mol. The standard InChI is InChI=1S/C20H22N2O4/c23-20(15-4-2-1-3-5-15)21-13-17(22-8-10-24-11-9-22)16-6-7-18-19(12-16)26-14-25-18/h1-7,12,17H,8-11,13-14H2,(H,21,23)/t17-/m0/s1. The van der Waals surface area contributed by atoms with Gasteiger partial charge in [0.05, 0.1) is 19.3 Å². The van der Waals surface area contributed by atoms with Crippen LogP contribution < -0.4 is 14.8 Å². The van der Waals surface area contributed by atoms with Gasteiger partial charge in [0.1, 0.15) is 0 Å². The number of hydrogen-bond acceptors (Lipinski definition) is 5. The Balaban J connectivity index is 1.52. The largest absolute Gasteiger partial charge is 0.454 e. The molecular weight excluding hydrogens is 332 g/mol. The number of nitrogens with zero attached hydrogens (tertiary/aromatic N) is 1. The number of rotatable bonds is 5. The summed E-state index contributed by atoms with van der Waals surface area (Å²) in [5, 5.41) is 3.07. The van der Waals surface area contributed by atoms with Gasteiger partial charge in [-0.3, -0.25) is 9.69 Å². The molecule has 0 radical (unpaired) electrons. The van der Waals surface area contributed by atoms with E-state index in [-0.39, 0.29) is 18.7 Å². The van der Waals surface area contributed by atoms with Gasteiger partial charge in [-0.05, 0) is 29.8 Å². The number of carbonyl (C=O) groups excluding carboxylic acids is 1. The monoisotopic (exact) mass is 354 g/mol. The zero-order valence-electron chi connectivity index (χ0n) is 14.5. The van der Waals surface area contributed by atoms with Crippen molar-refractivity contribution in [3.8, 4) is 11.5 Å². The third kappa shape index (κ3) is 3.66. The van der Waals surface area contributed by atoms with E-state index < -0.39 is 0 Å². The van der Waals surface area contributed by atoms with Crippen molar-refractivity contribution < 1.29 is 19.0 Å². The van der Waals surface area contributed by atoms with E-state index in [1.54, 1.807) is 0 Å². The average molecular weight is 354 g/mol. The van der Waals surface area contributed by atoms with Crippen LogP contribution in [0.2, 0.25) is 0 Å². The van der Waals surface area contributed by atoms with Crippen LogP contribution in [0.25, 0.3) is 0 Å². The topological polar surface area (TPSA) is 60.0 Å². The van der Waals surface area contributed by atoms with E-state index in [1.165, 1.54) is 0 Å². The summed E-state index contributed by atoms with van der Waals surface area (Å²) in [5.41, 5.74) is 1.77. The third-order valence-electron chi connectivity index (χ3n) is 4.76. The van der Waals surface area contributed by atoms with Crippen LogP contribution in [0.5, 0.6) is 11.5 Å². The minimum absolute atomic E-state index is 0.0565. The fraction of sp³-hybridized carbons (Fsp3) is 0.350. The highest BCUT2D eigenvalue weighted by Gasteiger charge is 2.25. The minimum Gasteiger partial charge on any atom is -0.454 e. The van der Waals surface area contributed by atoms with Gasteiger partial charge in [0.2, 0.25) is 6.79 Å². The Bertz CT molecular complexity index is 760. The van der Waals surface area contributed by atoms with Gasteiger partial charge in [-0.25, -0.2) is 0 Å². The molecule has 2 aromatic rings. The van der Waals surface area contributed by atoms with Crippen molar-refractivity contribution >= 4 is 5.91 Å². The first-order valence-electron chi connectivity index (χ1n) is 8.86. The maximum atomic E-state index is 12.5. The number of nitrogens with one attached hydrogen (secondary N) is 1. The van der Waals surface area contributed by atoms with Crippen LogP contribution >= 0.6 is 0 Å².